The summed E-state index contributed by atoms with van der Waals surface area (Å²) < 4.78 is 37.0. The van der Waals surface area contributed by atoms with Crippen molar-refractivity contribution in [1.82, 2.24) is 14.8 Å². The van der Waals surface area contributed by atoms with Gasteiger partial charge in [0, 0.05) is 7.05 Å². The highest BCUT2D eigenvalue weighted by Gasteiger charge is 2.30. The minimum absolute atomic E-state index is 0.0847. The molecule has 0 radical (unpaired) electrons. The molecule has 0 aliphatic heterocycles. The molecule has 0 saturated carbocycles. The highest BCUT2D eigenvalue weighted by atomic mass is 19.4. The molecule has 1 heterocycles. The zero-order valence-corrected chi connectivity index (χ0v) is 6.97. The van der Waals surface area contributed by atoms with Gasteiger partial charge in [0.2, 0.25) is 0 Å². The Hall–Kier alpha value is -1.11. The fraction of sp³-hybridized carbons (Fsp3) is 0.667. The Morgan fingerprint density at radius 1 is 1.31 bits per heavy atom. The van der Waals surface area contributed by atoms with Crippen LogP contribution in [0.15, 0.2) is 0 Å². The normalized spacial score (nSPS) is 12.1. The smallest absolute Gasteiger partial charge is 0.324 e. The number of halogens is 3. The summed E-state index contributed by atoms with van der Waals surface area (Å²) >= 11 is 0. The maximum absolute atomic E-state index is 11.9. The molecular weight excluding hydrogens is 185 g/mol. The zero-order valence-electron chi connectivity index (χ0n) is 6.97. The van der Waals surface area contributed by atoms with Crippen LogP contribution in [0, 0.1) is 0 Å². The van der Waals surface area contributed by atoms with Crippen molar-refractivity contribution in [3.05, 3.63) is 11.6 Å². The van der Waals surface area contributed by atoms with Crippen molar-refractivity contribution in [1.29, 1.82) is 0 Å². The second-order valence-corrected chi connectivity index (χ2v) is 2.59. The Kier molecular flexibility index (Phi) is 2.55. The number of nitrogens with zero attached hydrogens (tertiary/aromatic N) is 3. The van der Waals surface area contributed by atoms with E-state index in [9.17, 15) is 13.2 Å². The van der Waals surface area contributed by atoms with Gasteiger partial charge in [-0.2, -0.15) is 13.2 Å². The SMILES string of the molecule is Cn1c(CN)nnc1CC(F)(F)F. The van der Waals surface area contributed by atoms with E-state index in [2.05, 4.69) is 10.2 Å². The summed E-state index contributed by atoms with van der Waals surface area (Å²) in [6.45, 7) is 0.0847. The molecule has 0 fully saturated rings. The third-order valence-corrected chi connectivity index (χ3v) is 1.60. The van der Waals surface area contributed by atoms with Gasteiger partial charge in [-0.15, -0.1) is 10.2 Å². The zero-order chi connectivity index (χ0) is 10.1. The van der Waals surface area contributed by atoms with Crippen LogP contribution in [0.5, 0.6) is 0 Å². The molecule has 0 unspecified atom stereocenters. The minimum atomic E-state index is -4.26. The van der Waals surface area contributed by atoms with Crippen molar-refractivity contribution in [2.24, 2.45) is 12.8 Å². The van der Waals surface area contributed by atoms with Crippen molar-refractivity contribution in [2.75, 3.05) is 0 Å². The average Bonchev–Trinajstić information content (AvgIpc) is 2.30. The monoisotopic (exact) mass is 194 g/mol. The minimum Gasteiger partial charge on any atom is -0.324 e. The van der Waals surface area contributed by atoms with Crippen LogP contribution in [0.1, 0.15) is 11.6 Å². The summed E-state index contributed by atoms with van der Waals surface area (Å²) in [5, 5.41) is 6.89. The molecule has 1 aromatic rings. The summed E-state index contributed by atoms with van der Waals surface area (Å²) in [5.41, 5.74) is 5.22. The highest BCUT2D eigenvalue weighted by molar-refractivity contribution is 4.95. The molecule has 7 heteroatoms. The topological polar surface area (TPSA) is 56.7 Å². The third-order valence-electron chi connectivity index (χ3n) is 1.60. The third kappa shape index (κ3) is 2.41. The van der Waals surface area contributed by atoms with Gasteiger partial charge in [-0.3, -0.25) is 0 Å². The molecule has 0 atom stereocenters. The first-order valence-electron chi connectivity index (χ1n) is 3.58. The lowest BCUT2D eigenvalue weighted by Gasteiger charge is -2.05. The van der Waals surface area contributed by atoms with Gasteiger partial charge in [0.1, 0.15) is 18.1 Å². The van der Waals surface area contributed by atoms with E-state index >= 15 is 0 Å². The molecule has 74 valence electrons. The van der Waals surface area contributed by atoms with Crippen molar-refractivity contribution in [3.8, 4) is 0 Å². The summed E-state index contributed by atoms with van der Waals surface area (Å²) in [6.07, 6.45) is -5.33. The molecule has 0 aromatic carbocycles. The molecule has 0 aliphatic carbocycles. The molecule has 1 aromatic heterocycles. The molecule has 0 spiro atoms. The van der Waals surface area contributed by atoms with Crippen LogP contribution in [0.25, 0.3) is 0 Å². The average molecular weight is 194 g/mol. The highest BCUT2D eigenvalue weighted by Crippen LogP contribution is 2.19. The molecule has 2 N–H and O–H groups in total. The van der Waals surface area contributed by atoms with Gasteiger partial charge >= 0.3 is 6.18 Å². The Bertz CT molecular complexity index is 291. The number of aromatic nitrogens is 3. The quantitative estimate of drug-likeness (QED) is 0.740. The van der Waals surface area contributed by atoms with Crippen molar-refractivity contribution >= 4 is 0 Å². The van der Waals surface area contributed by atoms with Crippen LogP contribution in [-0.2, 0) is 20.0 Å². The van der Waals surface area contributed by atoms with Crippen LogP contribution >= 0.6 is 0 Å². The molecular formula is C6H9F3N4. The predicted molar refractivity (Wildman–Crippen MR) is 38.7 cm³/mol. The fourth-order valence-corrected chi connectivity index (χ4v) is 0.910. The van der Waals surface area contributed by atoms with E-state index in [0.29, 0.717) is 5.82 Å². The summed E-state index contributed by atoms with van der Waals surface area (Å²) in [4.78, 5) is 0. The van der Waals surface area contributed by atoms with Crippen molar-refractivity contribution in [2.45, 2.75) is 19.1 Å². The molecule has 1 rings (SSSR count). The summed E-state index contributed by atoms with van der Waals surface area (Å²) in [7, 11) is 1.46. The Balaban J connectivity index is 2.84. The number of alkyl halides is 3. The molecule has 13 heavy (non-hydrogen) atoms. The number of rotatable bonds is 2. The number of hydrogen-bond acceptors (Lipinski definition) is 3. The van der Waals surface area contributed by atoms with Crippen LogP contribution in [0.3, 0.4) is 0 Å². The van der Waals surface area contributed by atoms with Crippen LogP contribution < -0.4 is 5.73 Å². The van der Waals surface area contributed by atoms with E-state index in [0.717, 1.165) is 0 Å². The molecule has 0 bridgehead atoms. The van der Waals surface area contributed by atoms with Gasteiger partial charge in [-0.1, -0.05) is 0 Å². The Morgan fingerprint density at radius 3 is 2.23 bits per heavy atom. The van der Waals surface area contributed by atoms with Crippen LogP contribution in [-0.4, -0.2) is 20.9 Å². The second kappa shape index (κ2) is 3.33. The predicted octanol–water partition coefficient (Wildman–Crippen LogP) is 0.379. The lowest BCUT2D eigenvalue weighted by Crippen LogP contribution is -2.16. The van der Waals surface area contributed by atoms with E-state index in [-0.39, 0.29) is 12.4 Å². The van der Waals surface area contributed by atoms with Gasteiger partial charge in [0.25, 0.3) is 0 Å². The largest absolute Gasteiger partial charge is 0.396 e. The number of nitrogens with two attached hydrogens (primary N) is 1. The summed E-state index contributed by atoms with van der Waals surface area (Å²) in [6, 6.07) is 0. The summed E-state index contributed by atoms with van der Waals surface area (Å²) in [5.74, 6) is 0.229. The number of hydrogen-bond donors (Lipinski definition) is 1. The standard InChI is InChI=1S/C6H9F3N4/c1-13-4(2-6(7,8)9)11-12-5(13)3-10/h2-3,10H2,1H3. The Labute approximate surface area is 72.6 Å². The van der Waals surface area contributed by atoms with E-state index in [1.165, 1.54) is 11.6 Å². The van der Waals surface area contributed by atoms with E-state index in [1.807, 2.05) is 0 Å². The first-order valence-corrected chi connectivity index (χ1v) is 3.58. The Morgan fingerprint density at radius 2 is 1.85 bits per heavy atom. The molecule has 0 amide bonds. The van der Waals surface area contributed by atoms with Crippen molar-refractivity contribution in [3.63, 3.8) is 0 Å². The fourth-order valence-electron chi connectivity index (χ4n) is 0.910. The first-order chi connectivity index (χ1) is 5.94. The van der Waals surface area contributed by atoms with Gasteiger partial charge < -0.3 is 10.3 Å². The molecule has 0 aliphatic rings. The molecule has 4 nitrogen and oxygen atoms in total. The van der Waals surface area contributed by atoms with Gasteiger partial charge in [-0.05, 0) is 0 Å². The maximum Gasteiger partial charge on any atom is 0.396 e. The first kappa shape index (κ1) is 9.97. The van der Waals surface area contributed by atoms with Gasteiger partial charge in [0.05, 0.1) is 6.54 Å². The maximum atomic E-state index is 11.9. The van der Waals surface area contributed by atoms with Crippen LogP contribution in [0.2, 0.25) is 0 Å². The van der Waals surface area contributed by atoms with E-state index in [1.54, 1.807) is 0 Å². The lowest BCUT2D eigenvalue weighted by atomic mass is 10.4. The second-order valence-electron chi connectivity index (χ2n) is 2.59. The molecule has 0 saturated heterocycles. The lowest BCUT2D eigenvalue weighted by molar-refractivity contribution is -0.128. The van der Waals surface area contributed by atoms with E-state index < -0.39 is 12.6 Å². The van der Waals surface area contributed by atoms with E-state index in [4.69, 9.17) is 5.73 Å². The van der Waals surface area contributed by atoms with Gasteiger partial charge in [0.15, 0.2) is 0 Å². The van der Waals surface area contributed by atoms with Crippen molar-refractivity contribution < 1.29 is 13.2 Å². The van der Waals surface area contributed by atoms with Crippen LogP contribution in [0.4, 0.5) is 13.2 Å². The van der Waals surface area contributed by atoms with Gasteiger partial charge in [-0.25, -0.2) is 0 Å².